The van der Waals surface area contributed by atoms with Crippen LogP contribution in [0.5, 0.6) is 0 Å². The van der Waals surface area contributed by atoms with Crippen LogP contribution in [-0.2, 0) is 25.1 Å². The largest absolute Gasteiger partial charge is 0.297 e. The Labute approximate surface area is 155 Å². The van der Waals surface area contributed by atoms with Gasteiger partial charge in [-0.25, -0.2) is 0 Å². The predicted octanol–water partition coefficient (Wildman–Crippen LogP) is 4.59. The fraction of sp³-hybridized carbons (Fsp3) is 0.684. The van der Waals surface area contributed by atoms with E-state index in [9.17, 15) is 12.6 Å². The first kappa shape index (κ1) is 22.3. The van der Waals surface area contributed by atoms with Crippen molar-refractivity contribution in [1.82, 2.24) is 0 Å². The van der Waals surface area contributed by atoms with Gasteiger partial charge in [0.25, 0.3) is 10.1 Å². The Morgan fingerprint density at radius 3 is 2.04 bits per heavy atom. The highest BCUT2D eigenvalue weighted by Gasteiger charge is 2.15. The van der Waals surface area contributed by atoms with Crippen LogP contribution in [0.4, 0.5) is 0 Å². The topological polar surface area (TPSA) is 60.4 Å². The highest BCUT2D eigenvalue weighted by molar-refractivity contribution is 7.87. The second kappa shape index (κ2) is 12.6. The van der Waals surface area contributed by atoms with E-state index in [1.807, 2.05) is 6.92 Å². The zero-order valence-corrected chi connectivity index (χ0v) is 17.2. The third kappa shape index (κ3) is 10.1. The van der Waals surface area contributed by atoms with Gasteiger partial charge in [0, 0.05) is 22.3 Å². The average Bonchev–Trinajstić information content (AvgIpc) is 2.57. The summed E-state index contributed by atoms with van der Waals surface area (Å²) in [6.07, 6.45) is 9.67. The molecule has 0 saturated carbocycles. The number of rotatable bonds is 14. The van der Waals surface area contributed by atoms with E-state index >= 15 is 0 Å². The van der Waals surface area contributed by atoms with Gasteiger partial charge in [-0.15, -0.1) is 0 Å². The summed E-state index contributed by atoms with van der Waals surface area (Å²) in [6.45, 7) is 4.08. The molecule has 1 atom stereocenters. The van der Waals surface area contributed by atoms with Crippen LogP contribution in [0.25, 0.3) is 0 Å². The van der Waals surface area contributed by atoms with E-state index in [1.165, 1.54) is 50.7 Å². The van der Waals surface area contributed by atoms with Crippen LogP contribution in [0.2, 0.25) is 0 Å². The summed E-state index contributed by atoms with van der Waals surface area (Å²) in [7, 11) is -4.76. The second-order valence-electron chi connectivity index (χ2n) is 6.41. The number of hydrogen-bond donors (Lipinski definition) is 0. The summed E-state index contributed by atoms with van der Waals surface area (Å²) in [5.74, 6) is 0.893. The molecular formula is C19H32O4S2. The minimum atomic E-state index is -3.75. The van der Waals surface area contributed by atoms with E-state index < -0.39 is 20.9 Å². The molecule has 0 fully saturated rings. The quantitative estimate of drug-likeness (QED) is 0.345. The highest BCUT2D eigenvalue weighted by atomic mass is 32.2. The summed E-state index contributed by atoms with van der Waals surface area (Å²) in [5, 5.41) is 0. The molecule has 25 heavy (non-hydrogen) atoms. The molecule has 0 heterocycles. The molecule has 1 rings (SSSR count). The van der Waals surface area contributed by atoms with E-state index in [0.29, 0.717) is 5.75 Å². The molecule has 1 aromatic rings. The van der Waals surface area contributed by atoms with Crippen LogP contribution in [-0.4, -0.2) is 30.7 Å². The smallest absolute Gasteiger partial charge is 0.265 e. The number of aryl methyl sites for hydroxylation is 1. The summed E-state index contributed by atoms with van der Waals surface area (Å²) >= 11 is 0. The van der Waals surface area contributed by atoms with Gasteiger partial charge in [-0.3, -0.25) is 8.39 Å². The molecule has 0 aliphatic carbocycles. The van der Waals surface area contributed by atoms with E-state index in [-0.39, 0.29) is 17.3 Å². The average molecular weight is 389 g/mol. The van der Waals surface area contributed by atoms with Gasteiger partial charge >= 0.3 is 0 Å². The standard InChI is InChI=1S/C19H32O4S2/c1-3-4-5-6-7-8-9-10-16-24(20)17-15-23-25(21,22)19-13-11-18(2)12-14-19/h11-14H,3-10,15-17H2,1-2H3. The van der Waals surface area contributed by atoms with Gasteiger partial charge in [0.05, 0.1) is 11.5 Å². The molecule has 4 nitrogen and oxygen atoms in total. The van der Waals surface area contributed by atoms with Crippen molar-refractivity contribution in [3.63, 3.8) is 0 Å². The predicted molar refractivity (Wildman–Crippen MR) is 105 cm³/mol. The zero-order chi connectivity index (χ0) is 18.5. The minimum Gasteiger partial charge on any atom is -0.265 e. The van der Waals surface area contributed by atoms with Gasteiger partial charge in [0.1, 0.15) is 0 Å². The molecule has 0 N–H and O–H groups in total. The molecule has 0 radical (unpaired) electrons. The minimum absolute atomic E-state index is 0.0279. The third-order valence-electron chi connectivity index (χ3n) is 4.08. The lowest BCUT2D eigenvalue weighted by Gasteiger charge is -2.06. The maximum atomic E-state index is 12.0. The molecule has 0 aliphatic heterocycles. The number of hydrogen-bond acceptors (Lipinski definition) is 4. The first-order valence-corrected chi connectivity index (χ1v) is 12.2. The molecule has 0 aliphatic rings. The third-order valence-corrected chi connectivity index (χ3v) is 6.78. The Balaban J connectivity index is 2.13. The molecule has 1 unspecified atom stereocenters. The number of unbranched alkanes of at least 4 members (excludes halogenated alkanes) is 7. The van der Waals surface area contributed by atoms with E-state index in [1.54, 1.807) is 12.1 Å². The maximum absolute atomic E-state index is 12.0. The van der Waals surface area contributed by atoms with Crippen molar-refractivity contribution < 1.29 is 16.8 Å². The van der Waals surface area contributed by atoms with Crippen molar-refractivity contribution in [2.45, 2.75) is 70.1 Å². The SMILES string of the molecule is CCCCCCCCCCS(=O)CCOS(=O)(=O)c1ccc(C)cc1. The van der Waals surface area contributed by atoms with Crippen LogP contribution < -0.4 is 0 Å². The van der Waals surface area contributed by atoms with Gasteiger partial charge in [0.15, 0.2) is 0 Å². The van der Waals surface area contributed by atoms with E-state index in [0.717, 1.165) is 18.4 Å². The molecule has 1 aromatic carbocycles. The molecule has 0 saturated heterocycles. The Bertz CT molecular complexity index is 594. The van der Waals surface area contributed by atoms with Gasteiger partial charge in [-0.05, 0) is 25.5 Å². The lowest BCUT2D eigenvalue weighted by atomic mass is 10.1. The van der Waals surface area contributed by atoms with Crippen molar-refractivity contribution in [3.05, 3.63) is 29.8 Å². The lowest BCUT2D eigenvalue weighted by molar-refractivity contribution is 0.340. The summed E-state index contributed by atoms with van der Waals surface area (Å²) in [4.78, 5) is 0.145. The molecule has 144 valence electrons. The monoisotopic (exact) mass is 388 g/mol. The first-order valence-electron chi connectivity index (χ1n) is 9.27. The molecular weight excluding hydrogens is 356 g/mol. The van der Waals surface area contributed by atoms with Crippen LogP contribution in [0.15, 0.2) is 29.2 Å². The second-order valence-corrected chi connectivity index (χ2v) is 9.72. The van der Waals surface area contributed by atoms with Crippen LogP contribution in [0.1, 0.15) is 63.9 Å². The van der Waals surface area contributed by atoms with Crippen LogP contribution in [0.3, 0.4) is 0 Å². The Kier molecular flexibility index (Phi) is 11.3. The fourth-order valence-corrected chi connectivity index (χ4v) is 4.52. The Morgan fingerprint density at radius 2 is 1.44 bits per heavy atom. The van der Waals surface area contributed by atoms with Crippen molar-refractivity contribution in [1.29, 1.82) is 0 Å². The first-order chi connectivity index (χ1) is 12.0. The summed E-state index contributed by atoms with van der Waals surface area (Å²) in [5.41, 5.74) is 0.991. The maximum Gasteiger partial charge on any atom is 0.297 e. The molecule has 0 spiro atoms. The van der Waals surface area contributed by atoms with Crippen molar-refractivity contribution in [3.8, 4) is 0 Å². The Morgan fingerprint density at radius 1 is 0.880 bits per heavy atom. The number of benzene rings is 1. The summed E-state index contributed by atoms with van der Waals surface area (Å²) in [6, 6.07) is 6.53. The van der Waals surface area contributed by atoms with E-state index in [2.05, 4.69) is 6.92 Å². The fourth-order valence-electron chi connectivity index (χ4n) is 2.51. The van der Waals surface area contributed by atoms with Gasteiger partial charge < -0.3 is 0 Å². The Hall–Kier alpha value is -0.720. The zero-order valence-electron chi connectivity index (χ0n) is 15.5. The van der Waals surface area contributed by atoms with Gasteiger partial charge in [0.2, 0.25) is 0 Å². The van der Waals surface area contributed by atoms with Crippen molar-refractivity contribution >= 4 is 20.9 Å². The molecule has 0 aromatic heterocycles. The normalized spacial score (nSPS) is 13.0. The van der Waals surface area contributed by atoms with Crippen molar-refractivity contribution in [2.24, 2.45) is 0 Å². The lowest BCUT2D eigenvalue weighted by Crippen LogP contribution is -2.14. The highest BCUT2D eigenvalue weighted by Crippen LogP contribution is 2.13. The van der Waals surface area contributed by atoms with Crippen LogP contribution >= 0.6 is 0 Å². The van der Waals surface area contributed by atoms with Crippen molar-refractivity contribution in [2.75, 3.05) is 18.1 Å². The van der Waals surface area contributed by atoms with Gasteiger partial charge in [-0.1, -0.05) is 69.6 Å². The molecule has 6 heteroatoms. The van der Waals surface area contributed by atoms with E-state index in [4.69, 9.17) is 4.18 Å². The molecule has 0 amide bonds. The van der Waals surface area contributed by atoms with Crippen LogP contribution in [0, 0.1) is 6.92 Å². The molecule has 0 bridgehead atoms. The summed E-state index contributed by atoms with van der Waals surface area (Å²) < 4.78 is 40.9. The van der Waals surface area contributed by atoms with Gasteiger partial charge in [-0.2, -0.15) is 8.42 Å².